The lowest BCUT2D eigenvalue weighted by Crippen LogP contribution is -2.54. The summed E-state index contributed by atoms with van der Waals surface area (Å²) in [6.07, 6.45) is 3.93. The third-order valence-electron chi connectivity index (χ3n) is 8.55. The quantitative estimate of drug-likeness (QED) is 0.163. The van der Waals surface area contributed by atoms with E-state index in [-0.39, 0.29) is 35.5 Å². The van der Waals surface area contributed by atoms with Crippen LogP contribution in [0.4, 0.5) is 10.1 Å². The molecule has 0 heterocycles. The van der Waals surface area contributed by atoms with Gasteiger partial charge in [0.1, 0.15) is 24.2 Å². The van der Waals surface area contributed by atoms with E-state index in [1.54, 1.807) is 36.4 Å². The predicted octanol–water partition coefficient (Wildman–Crippen LogP) is 6.80. The molecule has 1 atom stereocenters. The van der Waals surface area contributed by atoms with Gasteiger partial charge in [0.05, 0.1) is 22.2 Å². The van der Waals surface area contributed by atoms with Crippen molar-refractivity contribution in [2.24, 2.45) is 0 Å². The Labute approximate surface area is 290 Å². The van der Waals surface area contributed by atoms with E-state index in [9.17, 15) is 22.4 Å². The van der Waals surface area contributed by atoms with Crippen LogP contribution in [-0.4, -0.2) is 50.9 Å². The van der Waals surface area contributed by atoms with Gasteiger partial charge in [-0.05, 0) is 89.3 Å². The van der Waals surface area contributed by atoms with Crippen LogP contribution in [0.3, 0.4) is 0 Å². The van der Waals surface area contributed by atoms with Gasteiger partial charge >= 0.3 is 0 Å². The van der Waals surface area contributed by atoms with Gasteiger partial charge in [-0.3, -0.25) is 13.9 Å². The molecular weight excluding hydrogens is 697 g/mol. The van der Waals surface area contributed by atoms with Crippen molar-refractivity contribution < 1.29 is 27.1 Å². The van der Waals surface area contributed by atoms with Gasteiger partial charge in [-0.2, -0.15) is 0 Å². The molecule has 252 valence electrons. The van der Waals surface area contributed by atoms with Gasteiger partial charge in [-0.1, -0.05) is 73.0 Å². The third kappa shape index (κ3) is 8.62. The number of benzene rings is 4. The molecule has 2 amide bonds. The molecule has 8 nitrogen and oxygen atoms in total. The van der Waals surface area contributed by atoms with Crippen LogP contribution < -0.4 is 14.4 Å². The SMILES string of the molecule is COc1ccc(S(=O)(=O)N(CC(=O)N(Cc2ccc(F)cc2)[C@@H](Cc2ccccc2)C(=O)NC2CCCC2)c2ccc(C)cc2)cc1Br. The fourth-order valence-corrected chi connectivity index (χ4v) is 8.02. The number of halogens is 2. The molecule has 5 rings (SSSR count). The molecule has 48 heavy (non-hydrogen) atoms. The van der Waals surface area contributed by atoms with Crippen molar-refractivity contribution in [2.75, 3.05) is 18.0 Å². The molecule has 1 saturated carbocycles. The highest BCUT2D eigenvalue weighted by molar-refractivity contribution is 9.10. The molecule has 1 aliphatic rings. The van der Waals surface area contributed by atoms with Crippen LogP contribution in [-0.2, 0) is 32.6 Å². The zero-order chi connectivity index (χ0) is 34.3. The third-order valence-corrected chi connectivity index (χ3v) is 10.9. The first kappa shape index (κ1) is 35.1. The van der Waals surface area contributed by atoms with Crippen molar-refractivity contribution in [3.8, 4) is 5.75 Å². The highest BCUT2D eigenvalue weighted by atomic mass is 79.9. The normalized spacial score (nSPS) is 13.9. The van der Waals surface area contributed by atoms with Crippen LogP contribution in [0.25, 0.3) is 0 Å². The molecule has 0 aromatic heterocycles. The molecule has 0 unspecified atom stereocenters. The van der Waals surface area contributed by atoms with Crippen LogP contribution in [0.15, 0.2) is 106 Å². The molecular formula is C37H39BrFN3O5S. The number of hydrogen-bond acceptors (Lipinski definition) is 5. The number of sulfonamides is 1. The topological polar surface area (TPSA) is 96.0 Å². The van der Waals surface area contributed by atoms with Crippen molar-refractivity contribution in [3.05, 3.63) is 124 Å². The van der Waals surface area contributed by atoms with Crippen LogP contribution in [0.2, 0.25) is 0 Å². The van der Waals surface area contributed by atoms with E-state index in [4.69, 9.17) is 4.74 Å². The van der Waals surface area contributed by atoms with Crippen molar-refractivity contribution in [2.45, 2.75) is 62.6 Å². The lowest BCUT2D eigenvalue weighted by Gasteiger charge is -2.34. The molecule has 0 bridgehead atoms. The predicted molar refractivity (Wildman–Crippen MR) is 188 cm³/mol. The van der Waals surface area contributed by atoms with Gasteiger partial charge in [0, 0.05) is 19.0 Å². The van der Waals surface area contributed by atoms with Crippen LogP contribution in [0, 0.1) is 12.7 Å². The molecule has 0 spiro atoms. The Bertz CT molecular complexity index is 1820. The fraction of sp³-hybridized carbons (Fsp3) is 0.297. The number of aryl methyl sites for hydroxylation is 1. The average molecular weight is 737 g/mol. The maximum absolute atomic E-state index is 14.6. The standard InChI is InChI=1S/C37H39BrFN3O5S/c1-26-12-18-31(19-13-26)42(48(45,46)32-20-21-35(47-2)33(38)23-32)25-36(43)41(24-28-14-16-29(39)17-15-28)34(22-27-8-4-3-5-9-27)37(44)40-30-10-6-7-11-30/h3-5,8-9,12-21,23,30,34H,6-7,10-11,22,24-25H2,1-2H3,(H,40,44)/t34-/m0/s1. The van der Waals surface area contributed by atoms with E-state index >= 15 is 0 Å². The lowest BCUT2D eigenvalue weighted by atomic mass is 10.0. The molecule has 1 fully saturated rings. The van der Waals surface area contributed by atoms with E-state index in [0.717, 1.165) is 41.1 Å². The molecule has 11 heteroatoms. The second-order valence-electron chi connectivity index (χ2n) is 12.0. The van der Waals surface area contributed by atoms with E-state index in [0.29, 0.717) is 15.8 Å². The van der Waals surface area contributed by atoms with E-state index in [2.05, 4.69) is 21.2 Å². The first-order valence-corrected chi connectivity index (χ1v) is 18.1. The van der Waals surface area contributed by atoms with Crippen molar-refractivity contribution in [1.82, 2.24) is 10.2 Å². The minimum atomic E-state index is -4.29. The number of ether oxygens (including phenoxy) is 1. The van der Waals surface area contributed by atoms with Crippen molar-refractivity contribution >= 4 is 43.5 Å². The average Bonchev–Trinajstić information content (AvgIpc) is 3.60. The highest BCUT2D eigenvalue weighted by Crippen LogP contribution is 2.31. The Morgan fingerprint density at radius 2 is 1.60 bits per heavy atom. The minimum absolute atomic E-state index is 0.00324. The zero-order valence-electron chi connectivity index (χ0n) is 26.9. The van der Waals surface area contributed by atoms with Crippen LogP contribution in [0.1, 0.15) is 42.4 Å². The lowest BCUT2D eigenvalue weighted by molar-refractivity contribution is -0.140. The summed E-state index contributed by atoms with van der Waals surface area (Å²) in [5.74, 6) is -0.878. The first-order chi connectivity index (χ1) is 23.0. The molecule has 0 saturated heterocycles. The van der Waals surface area contributed by atoms with E-state index in [1.165, 1.54) is 42.3 Å². The van der Waals surface area contributed by atoms with Gasteiger partial charge in [-0.25, -0.2) is 12.8 Å². The molecule has 4 aromatic carbocycles. The maximum Gasteiger partial charge on any atom is 0.264 e. The largest absolute Gasteiger partial charge is 0.496 e. The van der Waals surface area contributed by atoms with E-state index < -0.39 is 34.3 Å². The Morgan fingerprint density at radius 1 is 0.938 bits per heavy atom. The summed E-state index contributed by atoms with van der Waals surface area (Å²) in [6.45, 7) is 1.26. The van der Waals surface area contributed by atoms with Crippen molar-refractivity contribution in [1.29, 1.82) is 0 Å². The number of anilines is 1. The molecule has 0 radical (unpaired) electrons. The summed E-state index contributed by atoms with van der Waals surface area (Å²) in [5, 5.41) is 3.15. The Balaban J connectivity index is 1.57. The van der Waals surface area contributed by atoms with Crippen LogP contribution >= 0.6 is 15.9 Å². The van der Waals surface area contributed by atoms with Gasteiger partial charge in [0.25, 0.3) is 10.0 Å². The minimum Gasteiger partial charge on any atom is -0.496 e. The smallest absolute Gasteiger partial charge is 0.264 e. The Kier molecular flexibility index (Phi) is 11.5. The van der Waals surface area contributed by atoms with Gasteiger partial charge in [0.15, 0.2) is 0 Å². The number of methoxy groups -OCH3 is 1. The molecule has 4 aromatic rings. The summed E-state index contributed by atoms with van der Waals surface area (Å²) in [5.41, 5.74) is 2.64. The summed E-state index contributed by atoms with van der Waals surface area (Å²) >= 11 is 3.38. The van der Waals surface area contributed by atoms with Crippen molar-refractivity contribution in [3.63, 3.8) is 0 Å². The number of carbonyl (C=O) groups is 2. The number of nitrogens with zero attached hydrogens (tertiary/aromatic N) is 2. The van der Waals surface area contributed by atoms with Gasteiger partial charge < -0.3 is 15.0 Å². The number of nitrogens with one attached hydrogen (secondary N) is 1. The fourth-order valence-electron chi connectivity index (χ4n) is 5.88. The summed E-state index contributed by atoms with van der Waals surface area (Å²) in [4.78, 5) is 30.1. The number of carbonyl (C=O) groups excluding carboxylic acids is 2. The monoisotopic (exact) mass is 735 g/mol. The Hall–Kier alpha value is -4.22. The zero-order valence-corrected chi connectivity index (χ0v) is 29.3. The van der Waals surface area contributed by atoms with Crippen LogP contribution in [0.5, 0.6) is 5.75 Å². The molecule has 0 aliphatic heterocycles. The van der Waals surface area contributed by atoms with Gasteiger partial charge in [0.2, 0.25) is 11.8 Å². The second-order valence-corrected chi connectivity index (χ2v) is 14.7. The molecule has 1 aliphatic carbocycles. The second kappa shape index (κ2) is 15.8. The number of rotatable bonds is 13. The summed E-state index contributed by atoms with van der Waals surface area (Å²) in [7, 11) is -2.81. The molecule has 1 N–H and O–H groups in total. The Morgan fingerprint density at radius 3 is 2.23 bits per heavy atom. The van der Waals surface area contributed by atoms with E-state index in [1.807, 2.05) is 37.3 Å². The van der Waals surface area contributed by atoms with Gasteiger partial charge in [-0.15, -0.1) is 0 Å². The highest BCUT2D eigenvalue weighted by Gasteiger charge is 2.35. The maximum atomic E-state index is 14.6. The first-order valence-electron chi connectivity index (χ1n) is 15.9. The number of hydrogen-bond donors (Lipinski definition) is 1. The summed E-state index contributed by atoms with van der Waals surface area (Å²) in [6, 6.07) is 25.4. The number of amides is 2. The summed E-state index contributed by atoms with van der Waals surface area (Å²) < 4.78 is 49.4.